The lowest BCUT2D eigenvalue weighted by Gasteiger charge is -2.27. The maximum atomic E-state index is 9.01. The van der Waals surface area contributed by atoms with Crippen LogP contribution in [0.5, 0.6) is 0 Å². The Bertz CT molecular complexity index is 341. The van der Waals surface area contributed by atoms with Gasteiger partial charge in [0.2, 0.25) is 0 Å². The predicted octanol–water partition coefficient (Wildman–Crippen LogP) is 2.55. The van der Waals surface area contributed by atoms with Crippen molar-refractivity contribution in [2.24, 2.45) is 5.92 Å². The van der Waals surface area contributed by atoms with Gasteiger partial charge in [0.25, 0.3) is 0 Å². The van der Waals surface area contributed by atoms with E-state index in [1.807, 2.05) is 18.2 Å². The van der Waals surface area contributed by atoms with Crippen LogP contribution < -0.4 is 0 Å². The molecule has 2 heteroatoms. The molecule has 78 valence electrons. The zero-order valence-electron chi connectivity index (χ0n) is 8.73. The minimum absolute atomic E-state index is 0.0685. The zero-order valence-corrected chi connectivity index (χ0v) is 8.73. The molecule has 2 atom stereocenters. The molecule has 1 heterocycles. The SMILES string of the molecule is N#CC1CCCOC1Cc1ccccc1. The van der Waals surface area contributed by atoms with Crippen LogP contribution in [0.1, 0.15) is 18.4 Å². The third-order valence-corrected chi connectivity index (χ3v) is 2.89. The number of rotatable bonds is 2. The lowest BCUT2D eigenvalue weighted by Crippen LogP contribution is -2.30. The highest BCUT2D eigenvalue weighted by molar-refractivity contribution is 5.16. The van der Waals surface area contributed by atoms with E-state index in [4.69, 9.17) is 10.00 Å². The first-order valence-corrected chi connectivity index (χ1v) is 5.45. The average Bonchev–Trinajstić information content (AvgIpc) is 2.31. The second-order valence-electron chi connectivity index (χ2n) is 3.98. The Labute approximate surface area is 90.5 Å². The van der Waals surface area contributed by atoms with Gasteiger partial charge in [-0.3, -0.25) is 0 Å². The molecule has 0 bridgehead atoms. The van der Waals surface area contributed by atoms with E-state index in [1.165, 1.54) is 5.56 Å². The fourth-order valence-electron chi connectivity index (χ4n) is 2.04. The monoisotopic (exact) mass is 201 g/mol. The van der Waals surface area contributed by atoms with Crippen molar-refractivity contribution < 1.29 is 4.74 Å². The minimum Gasteiger partial charge on any atom is -0.377 e. The van der Waals surface area contributed by atoms with Gasteiger partial charge in [-0.15, -0.1) is 0 Å². The molecule has 0 N–H and O–H groups in total. The summed E-state index contributed by atoms with van der Waals surface area (Å²) in [7, 11) is 0. The van der Waals surface area contributed by atoms with Crippen molar-refractivity contribution in [2.75, 3.05) is 6.61 Å². The third kappa shape index (κ3) is 2.57. The van der Waals surface area contributed by atoms with Gasteiger partial charge in [0.1, 0.15) is 0 Å². The molecule has 0 spiro atoms. The molecular formula is C13H15NO. The Balaban J connectivity index is 2.01. The van der Waals surface area contributed by atoms with E-state index in [0.29, 0.717) is 0 Å². The van der Waals surface area contributed by atoms with E-state index < -0.39 is 0 Å². The van der Waals surface area contributed by atoms with Gasteiger partial charge in [-0.1, -0.05) is 30.3 Å². The maximum absolute atomic E-state index is 9.01. The molecule has 2 rings (SSSR count). The van der Waals surface area contributed by atoms with Crippen LogP contribution in [0, 0.1) is 17.2 Å². The summed E-state index contributed by atoms with van der Waals surface area (Å²) in [6.45, 7) is 0.801. The van der Waals surface area contributed by atoms with Crippen molar-refractivity contribution >= 4 is 0 Å². The first kappa shape index (κ1) is 10.2. The number of nitrogens with zero attached hydrogens (tertiary/aromatic N) is 1. The Hall–Kier alpha value is -1.33. The van der Waals surface area contributed by atoms with Crippen LogP contribution in [0.25, 0.3) is 0 Å². The second-order valence-corrected chi connectivity index (χ2v) is 3.98. The molecule has 1 aliphatic heterocycles. The molecular weight excluding hydrogens is 186 g/mol. The summed E-state index contributed by atoms with van der Waals surface area (Å²) >= 11 is 0. The van der Waals surface area contributed by atoms with Crippen molar-refractivity contribution in [3.05, 3.63) is 35.9 Å². The molecule has 0 amide bonds. The summed E-state index contributed by atoms with van der Waals surface area (Å²) in [6, 6.07) is 12.6. The van der Waals surface area contributed by atoms with Gasteiger partial charge in [-0.05, 0) is 24.8 Å². The molecule has 1 saturated heterocycles. The van der Waals surface area contributed by atoms with Crippen LogP contribution in [0.2, 0.25) is 0 Å². The van der Waals surface area contributed by atoms with Gasteiger partial charge < -0.3 is 4.74 Å². The minimum atomic E-state index is 0.0685. The number of ether oxygens (including phenoxy) is 1. The number of nitriles is 1. The Morgan fingerprint density at radius 2 is 2.13 bits per heavy atom. The summed E-state index contributed by atoms with van der Waals surface area (Å²) in [5.41, 5.74) is 1.25. The van der Waals surface area contributed by atoms with Crippen LogP contribution in [0.4, 0.5) is 0 Å². The van der Waals surface area contributed by atoms with Crippen LogP contribution in [-0.2, 0) is 11.2 Å². The molecule has 0 radical (unpaired) electrons. The van der Waals surface area contributed by atoms with E-state index in [-0.39, 0.29) is 12.0 Å². The molecule has 1 aliphatic rings. The summed E-state index contributed by atoms with van der Waals surface area (Å²) in [4.78, 5) is 0. The topological polar surface area (TPSA) is 33.0 Å². The summed E-state index contributed by atoms with van der Waals surface area (Å²) in [5, 5.41) is 9.01. The quantitative estimate of drug-likeness (QED) is 0.736. The van der Waals surface area contributed by atoms with Crippen molar-refractivity contribution in [1.82, 2.24) is 0 Å². The zero-order chi connectivity index (χ0) is 10.5. The van der Waals surface area contributed by atoms with Gasteiger partial charge in [-0.2, -0.15) is 5.26 Å². The highest BCUT2D eigenvalue weighted by atomic mass is 16.5. The number of benzene rings is 1. The van der Waals surface area contributed by atoms with E-state index in [0.717, 1.165) is 25.9 Å². The predicted molar refractivity (Wildman–Crippen MR) is 58.2 cm³/mol. The first-order chi connectivity index (χ1) is 7.40. The first-order valence-electron chi connectivity index (χ1n) is 5.45. The van der Waals surface area contributed by atoms with Gasteiger partial charge in [0, 0.05) is 6.61 Å². The fourth-order valence-corrected chi connectivity index (χ4v) is 2.04. The maximum Gasteiger partial charge on any atom is 0.0773 e. The van der Waals surface area contributed by atoms with Crippen LogP contribution in [0.3, 0.4) is 0 Å². The standard InChI is InChI=1S/C13H15NO/c14-10-12-7-4-8-15-13(12)9-11-5-2-1-3-6-11/h1-3,5-6,12-13H,4,7-9H2. The molecule has 0 saturated carbocycles. The Morgan fingerprint density at radius 3 is 2.87 bits per heavy atom. The summed E-state index contributed by atoms with van der Waals surface area (Å²) in [6.07, 6.45) is 2.95. The molecule has 0 aliphatic carbocycles. The van der Waals surface area contributed by atoms with Crippen LogP contribution in [0.15, 0.2) is 30.3 Å². The Morgan fingerprint density at radius 1 is 1.33 bits per heavy atom. The molecule has 15 heavy (non-hydrogen) atoms. The number of hydrogen-bond donors (Lipinski definition) is 0. The second kappa shape index (κ2) is 4.95. The lowest BCUT2D eigenvalue weighted by molar-refractivity contribution is -0.00770. The highest BCUT2D eigenvalue weighted by Crippen LogP contribution is 2.23. The van der Waals surface area contributed by atoms with Gasteiger partial charge in [0.15, 0.2) is 0 Å². The van der Waals surface area contributed by atoms with E-state index in [9.17, 15) is 0 Å². The van der Waals surface area contributed by atoms with E-state index in [2.05, 4.69) is 18.2 Å². The number of hydrogen-bond acceptors (Lipinski definition) is 2. The van der Waals surface area contributed by atoms with Crippen molar-refractivity contribution in [3.63, 3.8) is 0 Å². The van der Waals surface area contributed by atoms with E-state index >= 15 is 0 Å². The average molecular weight is 201 g/mol. The summed E-state index contributed by atoms with van der Waals surface area (Å²) in [5.74, 6) is 0.0685. The normalized spacial score (nSPS) is 25.8. The van der Waals surface area contributed by atoms with Gasteiger partial charge in [0.05, 0.1) is 18.1 Å². The van der Waals surface area contributed by atoms with Gasteiger partial charge >= 0.3 is 0 Å². The molecule has 1 aromatic rings. The molecule has 1 aromatic carbocycles. The molecule has 2 unspecified atom stereocenters. The largest absolute Gasteiger partial charge is 0.377 e. The fraction of sp³-hybridized carbons (Fsp3) is 0.462. The van der Waals surface area contributed by atoms with Crippen molar-refractivity contribution in [3.8, 4) is 6.07 Å². The lowest BCUT2D eigenvalue weighted by atomic mass is 9.91. The molecule has 1 fully saturated rings. The molecule has 2 nitrogen and oxygen atoms in total. The summed E-state index contributed by atoms with van der Waals surface area (Å²) < 4.78 is 5.66. The van der Waals surface area contributed by atoms with Gasteiger partial charge in [-0.25, -0.2) is 0 Å². The Kier molecular flexibility index (Phi) is 3.37. The van der Waals surface area contributed by atoms with E-state index in [1.54, 1.807) is 0 Å². The van der Waals surface area contributed by atoms with Crippen LogP contribution in [-0.4, -0.2) is 12.7 Å². The van der Waals surface area contributed by atoms with Crippen LogP contribution >= 0.6 is 0 Å². The third-order valence-electron chi connectivity index (χ3n) is 2.89. The van der Waals surface area contributed by atoms with Crippen molar-refractivity contribution in [2.45, 2.75) is 25.4 Å². The highest BCUT2D eigenvalue weighted by Gasteiger charge is 2.25. The smallest absolute Gasteiger partial charge is 0.0773 e. The molecule has 0 aromatic heterocycles. The van der Waals surface area contributed by atoms with Crippen molar-refractivity contribution in [1.29, 1.82) is 5.26 Å².